The van der Waals surface area contributed by atoms with Gasteiger partial charge in [0.05, 0.1) is 37.5 Å². The van der Waals surface area contributed by atoms with Crippen LogP contribution in [0, 0.1) is 0 Å². The molecule has 2 aromatic rings. The standard InChI is InChI=1S/C27H30N2O6/c1-3-16-35-20-10-8-19(9-11-20)24-23(25(30)21-6-4-5-7-22(21)33-2)26(31)27(32)29(24)13-12-28-14-17-34-18-15-28/h3-11,24,30H,1,12-18H2,2H3/b25-23+. The van der Waals surface area contributed by atoms with Crippen molar-refractivity contribution in [1.29, 1.82) is 0 Å². The maximum absolute atomic E-state index is 13.3. The Balaban J connectivity index is 1.73. The third-order valence-corrected chi connectivity index (χ3v) is 6.23. The number of methoxy groups -OCH3 is 1. The highest BCUT2D eigenvalue weighted by atomic mass is 16.5. The van der Waals surface area contributed by atoms with Crippen molar-refractivity contribution in [3.8, 4) is 11.5 Å². The Kier molecular flexibility index (Phi) is 7.84. The number of hydrogen-bond acceptors (Lipinski definition) is 7. The summed E-state index contributed by atoms with van der Waals surface area (Å²) in [7, 11) is 1.49. The van der Waals surface area contributed by atoms with Crippen LogP contribution in [-0.4, -0.2) is 79.7 Å². The van der Waals surface area contributed by atoms with Crippen LogP contribution >= 0.6 is 0 Å². The fraction of sp³-hybridized carbons (Fsp3) is 0.333. The fourth-order valence-corrected chi connectivity index (χ4v) is 4.42. The molecule has 0 radical (unpaired) electrons. The minimum atomic E-state index is -0.741. The minimum absolute atomic E-state index is 0.0428. The second-order valence-electron chi connectivity index (χ2n) is 8.32. The molecule has 1 unspecified atom stereocenters. The molecule has 1 atom stereocenters. The van der Waals surface area contributed by atoms with Crippen molar-refractivity contribution < 1.29 is 28.9 Å². The number of aliphatic hydroxyl groups excluding tert-OH is 1. The number of rotatable bonds is 9. The minimum Gasteiger partial charge on any atom is -0.507 e. The topological polar surface area (TPSA) is 88.5 Å². The molecule has 2 saturated heterocycles. The predicted molar refractivity (Wildman–Crippen MR) is 131 cm³/mol. The average molecular weight is 479 g/mol. The molecular weight excluding hydrogens is 448 g/mol. The highest BCUT2D eigenvalue weighted by Crippen LogP contribution is 2.41. The molecule has 8 heteroatoms. The first-order valence-corrected chi connectivity index (χ1v) is 11.6. The Labute approximate surface area is 205 Å². The third kappa shape index (κ3) is 5.23. The molecule has 4 rings (SSSR count). The molecule has 1 amide bonds. The molecule has 0 aromatic heterocycles. The lowest BCUT2D eigenvalue weighted by Crippen LogP contribution is -2.42. The van der Waals surface area contributed by atoms with Gasteiger partial charge in [-0.1, -0.05) is 36.9 Å². The van der Waals surface area contributed by atoms with Gasteiger partial charge >= 0.3 is 0 Å². The molecular formula is C27H30N2O6. The number of amides is 1. The van der Waals surface area contributed by atoms with E-state index in [1.165, 1.54) is 7.11 Å². The van der Waals surface area contributed by atoms with Gasteiger partial charge in [0, 0.05) is 26.2 Å². The van der Waals surface area contributed by atoms with Gasteiger partial charge in [-0.05, 0) is 29.8 Å². The molecule has 0 saturated carbocycles. The molecule has 2 aliphatic heterocycles. The summed E-state index contributed by atoms with van der Waals surface area (Å²) in [4.78, 5) is 30.2. The highest BCUT2D eigenvalue weighted by molar-refractivity contribution is 6.46. The van der Waals surface area contributed by atoms with Crippen LogP contribution in [0.4, 0.5) is 0 Å². The van der Waals surface area contributed by atoms with Gasteiger partial charge in [-0.25, -0.2) is 0 Å². The Morgan fingerprint density at radius 1 is 1.11 bits per heavy atom. The van der Waals surface area contributed by atoms with Gasteiger partial charge in [0.25, 0.3) is 11.7 Å². The van der Waals surface area contributed by atoms with Gasteiger partial charge in [0.2, 0.25) is 0 Å². The van der Waals surface area contributed by atoms with Crippen LogP contribution in [0.3, 0.4) is 0 Å². The quantitative estimate of drug-likeness (QED) is 0.257. The van der Waals surface area contributed by atoms with Crippen molar-refractivity contribution in [2.24, 2.45) is 0 Å². The molecule has 2 heterocycles. The lowest BCUT2D eigenvalue weighted by Gasteiger charge is -2.31. The maximum atomic E-state index is 13.3. The van der Waals surface area contributed by atoms with E-state index in [4.69, 9.17) is 14.2 Å². The van der Waals surface area contributed by atoms with Crippen molar-refractivity contribution in [2.45, 2.75) is 6.04 Å². The van der Waals surface area contributed by atoms with Gasteiger partial charge in [0.1, 0.15) is 23.9 Å². The van der Waals surface area contributed by atoms with E-state index in [0.717, 1.165) is 13.1 Å². The number of hydrogen-bond donors (Lipinski definition) is 1. The number of ketones is 1. The van der Waals surface area contributed by atoms with Crippen molar-refractivity contribution >= 4 is 17.4 Å². The van der Waals surface area contributed by atoms with E-state index in [-0.39, 0.29) is 11.3 Å². The van der Waals surface area contributed by atoms with Crippen LogP contribution < -0.4 is 9.47 Å². The molecule has 2 fully saturated rings. The molecule has 2 aliphatic rings. The van der Waals surface area contributed by atoms with Crippen molar-refractivity contribution in [1.82, 2.24) is 9.80 Å². The van der Waals surface area contributed by atoms with Gasteiger partial charge in [-0.15, -0.1) is 0 Å². The first-order valence-electron chi connectivity index (χ1n) is 11.6. The van der Waals surface area contributed by atoms with E-state index in [1.807, 2.05) is 12.1 Å². The molecule has 35 heavy (non-hydrogen) atoms. The Morgan fingerprint density at radius 2 is 1.83 bits per heavy atom. The normalized spacial score (nSPS) is 20.1. The molecule has 2 aromatic carbocycles. The Morgan fingerprint density at radius 3 is 2.51 bits per heavy atom. The number of benzene rings is 2. The summed E-state index contributed by atoms with van der Waals surface area (Å²) in [6, 6.07) is 13.3. The Hall–Kier alpha value is -3.62. The second kappa shape index (κ2) is 11.2. The zero-order chi connectivity index (χ0) is 24.8. The first-order chi connectivity index (χ1) is 17.0. The van der Waals surface area contributed by atoms with Gasteiger partial charge in [0.15, 0.2) is 0 Å². The number of Topliss-reactive ketones (excluding diaryl/α,β-unsaturated/α-hetero) is 1. The molecule has 0 bridgehead atoms. The monoisotopic (exact) mass is 478 g/mol. The SMILES string of the molecule is C=CCOc1ccc(C2/C(=C(\O)c3ccccc3OC)C(=O)C(=O)N2CCN2CCOCC2)cc1. The van der Waals surface area contributed by atoms with Crippen LogP contribution in [0.25, 0.3) is 5.76 Å². The number of carbonyl (C=O) groups is 2. The molecule has 8 nitrogen and oxygen atoms in total. The lowest BCUT2D eigenvalue weighted by molar-refractivity contribution is -0.140. The summed E-state index contributed by atoms with van der Waals surface area (Å²) in [5, 5.41) is 11.3. The second-order valence-corrected chi connectivity index (χ2v) is 8.32. The van der Waals surface area contributed by atoms with Crippen molar-refractivity contribution in [3.63, 3.8) is 0 Å². The Bertz CT molecular complexity index is 1100. The van der Waals surface area contributed by atoms with E-state index in [0.29, 0.717) is 55.5 Å². The summed E-state index contributed by atoms with van der Waals surface area (Å²) in [5.41, 5.74) is 1.10. The highest BCUT2D eigenvalue weighted by Gasteiger charge is 2.46. The van der Waals surface area contributed by atoms with Crippen LogP contribution in [0.5, 0.6) is 11.5 Å². The van der Waals surface area contributed by atoms with E-state index in [1.54, 1.807) is 47.4 Å². The number of aliphatic hydroxyl groups is 1. The van der Waals surface area contributed by atoms with E-state index in [9.17, 15) is 14.7 Å². The largest absolute Gasteiger partial charge is 0.507 e. The van der Waals surface area contributed by atoms with Crippen LogP contribution in [0.15, 0.2) is 66.8 Å². The number of para-hydroxylation sites is 1. The fourth-order valence-electron chi connectivity index (χ4n) is 4.42. The summed E-state index contributed by atoms with van der Waals surface area (Å²) >= 11 is 0. The number of likely N-dealkylation sites (tertiary alicyclic amines) is 1. The van der Waals surface area contributed by atoms with Crippen LogP contribution in [0.1, 0.15) is 17.2 Å². The van der Waals surface area contributed by atoms with E-state index >= 15 is 0 Å². The third-order valence-electron chi connectivity index (χ3n) is 6.23. The number of ether oxygens (including phenoxy) is 3. The maximum Gasteiger partial charge on any atom is 0.295 e. The summed E-state index contributed by atoms with van der Waals surface area (Å²) < 4.78 is 16.4. The smallest absolute Gasteiger partial charge is 0.295 e. The number of carbonyl (C=O) groups excluding carboxylic acids is 2. The molecule has 1 N–H and O–H groups in total. The average Bonchev–Trinajstić information content (AvgIpc) is 3.16. The first kappa shape index (κ1) is 24.5. The van der Waals surface area contributed by atoms with E-state index in [2.05, 4.69) is 11.5 Å². The van der Waals surface area contributed by atoms with E-state index < -0.39 is 17.7 Å². The molecule has 0 aliphatic carbocycles. The molecule has 184 valence electrons. The van der Waals surface area contributed by atoms with Gasteiger partial charge in [-0.2, -0.15) is 0 Å². The summed E-state index contributed by atoms with van der Waals surface area (Å²) in [6.45, 7) is 7.78. The lowest BCUT2D eigenvalue weighted by atomic mass is 9.95. The number of nitrogens with zero attached hydrogens (tertiary/aromatic N) is 2. The van der Waals surface area contributed by atoms with Gasteiger partial charge in [-0.3, -0.25) is 14.5 Å². The van der Waals surface area contributed by atoms with Crippen LogP contribution in [-0.2, 0) is 14.3 Å². The zero-order valence-electron chi connectivity index (χ0n) is 19.8. The van der Waals surface area contributed by atoms with Crippen molar-refractivity contribution in [3.05, 3.63) is 77.9 Å². The molecule has 0 spiro atoms. The summed E-state index contributed by atoms with van der Waals surface area (Å²) in [5.74, 6) is -0.550. The number of morpholine rings is 1. The van der Waals surface area contributed by atoms with Gasteiger partial charge < -0.3 is 24.2 Å². The summed E-state index contributed by atoms with van der Waals surface area (Å²) in [6.07, 6.45) is 1.65. The zero-order valence-corrected chi connectivity index (χ0v) is 19.8. The predicted octanol–water partition coefficient (Wildman–Crippen LogP) is 3.01. The van der Waals surface area contributed by atoms with Crippen molar-refractivity contribution in [2.75, 3.05) is 53.1 Å². The van der Waals surface area contributed by atoms with Crippen LogP contribution in [0.2, 0.25) is 0 Å².